The molecule has 2 amide bonds. The molecule has 35 heavy (non-hydrogen) atoms. The maximum atomic E-state index is 13.6. The number of amides is 2. The summed E-state index contributed by atoms with van der Waals surface area (Å²) >= 11 is 0. The lowest BCUT2D eigenvalue weighted by molar-refractivity contribution is -0.173. The van der Waals surface area contributed by atoms with E-state index in [0.717, 1.165) is 16.3 Å². The summed E-state index contributed by atoms with van der Waals surface area (Å²) in [7, 11) is 0. The van der Waals surface area contributed by atoms with Crippen molar-refractivity contribution in [3.05, 3.63) is 60.7 Å². The number of nitrogens with two attached hydrogens (primary N) is 1. The first-order valence-corrected chi connectivity index (χ1v) is 11.8. The van der Waals surface area contributed by atoms with Gasteiger partial charge in [0.15, 0.2) is 6.10 Å². The predicted octanol–water partition coefficient (Wildman–Crippen LogP) is 3.93. The van der Waals surface area contributed by atoms with Crippen molar-refractivity contribution >= 4 is 28.6 Å². The topological polar surface area (TPSA) is 108 Å². The normalized spacial score (nSPS) is 14.6. The van der Waals surface area contributed by atoms with Gasteiger partial charge < -0.3 is 20.5 Å². The number of benzene rings is 2. The molecule has 0 spiro atoms. The van der Waals surface area contributed by atoms with Gasteiger partial charge in [-0.05, 0) is 48.9 Å². The Bertz CT molecular complexity index is 1060. The predicted molar refractivity (Wildman–Crippen MR) is 138 cm³/mol. The highest BCUT2D eigenvalue weighted by Gasteiger charge is 2.40. The first-order valence-electron chi connectivity index (χ1n) is 11.8. The monoisotopic (exact) mass is 482 g/mol. The van der Waals surface area contributed by atoms with Crippen LogP contribution in [0.4, 0.5) is 0 Å². The largest absolute Gasteiger partial charge is 0.458 e. The van der Waals surface area contributed by atoms with Crippen LogP contribution < -0.4 is 11.1 Å². The molecular formula is C28H38N2O5. The number of ether oxygens (including phenoxy) is 2. The lowest BCUT2D eigenvalue weighted by Gasteiger charge is -2.32. The number of carbonyl (C=O) groups is 3. The molecule has 3 atom stereocenters. The minimum Gasteiger partial charge on any atom is -0.458 e. The number of rotatable bonds is 10. The molecule has 2 aromatic carbocycles. The number of hydrogen-bond acceptors (Lipinski definition) is 5. The summed E-state index contributed by atoms with van der Waals surface area (Å²) in [6, 6.07) is 12.8. The molecule has 0 heterocycles. The molecule has 0 unspecified atom stereocenters. The van der Waals surface area contributed by atoms with Crippen LogP contribution in [-0.2, 0) is 30.3 Å². The third kappa shape index (κ3) is 8.21. The molecular weight excluding hydrogens is 444 g/mol. The van der Waals surface area contributed by atoms with Crippen molar-refractivity contribution in [3.8, 4) is 0 Å². The molecule has 0 aliphatic carbocycles. The van der Waals surface area contributed by atoms with E-state index in [2.05, 4.69) is 11.9 Å². The van der Waals surface area contributed by atoms with Gasteiger partial charge in [-0.1, -0.05) is 69.3 Å². The van der Waals surface area contributed by atoms with Gasteiger partial charge in [-0.2, -0.15) is 0 Å². The molecule has 7 heteroatoms. The molecule has 0 aliphatic rings. The minimum absolute atomic E-state index is 0.0456. The van der Waals surface area contributed by atoms with Gasteiger partial charge in [0.25, 0.3) is 0 Å². The van der Waals surface area contributed by atoms with Crippen LogP contribution in [0.5, 0.6) is 0 Å². The number of primary amides is 1. The second kappa shape index (κ2) is 11.5. The van der Waals surface area contributed by atoms with Crippen molar-refractivity contribution in [3.63, 3.8) is 0 Å². The first kappa shape index (κ1) is 28.1. The summed E-state index contributed by atoms with van der Waals surface area (Å²) < 4.78 is 11.4. The highest BCUT2D eigenvalue weighted by atomic mass is 16.6. The Balaban J connectivity index is 2.49. The fraction of sp³-hybridized carbons (Fsp3) is 0.464. The van der Waals surface area contributed by atoms with Gasteiger partial charge in [0.2, 0.25) is 11.8 Å². The molecule has 0 radical (unpaired) electrons. The van der Waals surface area contributed by atoms with Crippen molar-refractivity contribution in [1.82, 2.24) is 5.32 Å². The molecule has 2 rings (SSSR count). The van der Waals surface area contributed by atoms with Crippen LogP contribution in [0.2, 0.25) is 0 Å². The second-order valence-electron chi connectivity index (χ2n) is 10.8. The number of nitrogens with one attached hydrogen (secondary N) is 1. The van der Waals surface area contributed by atoms with Crippen LogP contribution in [0.15, 0.2) is 55.1 Å². The maximum Gasteiger partial charge on any atom is 0.336 e. The molecule has 190 valence electrons. The Hall–Kier alpha value is -3.19. The van der Waals surface area contributed by atoms with Crippen LogP contribution in [-0.4, -0.2) is 42.1 Å². The molecule has 0 fully saturated rings. The molecule has 0 bridgehead atoms. The van der Waals surface area contributed by atoms with Crippen molar-refractivity contribution < 1.29 is 23.9 Å². The van der Waals surface area contributed by atoms with E-state index in [4.69, 9.17) is 15.2 Å². The lowest BCUT2D eigenvalue weighted by Crippen LogP contribution is -2.56. The fourth-order valence-corrected chi connectivity index (χ4v) is 3.80. The van der Waals surface area contributed by atoms with Gasteiger partial charge in [0, 0.05) is 0 Å². The van der Waals surface area contributed by atoms with Crippen LogP contribution in [0.25, 0.3) is 10.8 Å². The van der Waals surface area contributed by atoms with Gasteiger partial charge in [-0.3, -0.25) is 9.59 Å². The highest BCUT2D eigenvalue weighted by Crippen LogP contribution is 2.25. The zero-order valence-electron chi connectivity index (χ0n) is 21.6. The Labute approximate surface area is 208 Å². The summed E-state index contributed by atoms with van der Waals surface area (Å²) in [5.41, 5.74) is 5.03. The van der Waals surface area contributed by atoms with Gasteiger partial charge in [0.05, 0.1) is 12.5 Å². The highest BCUT2D eigenvalue weighted by molar-refractivity contribution is 5.91. The third-order valence-electron chi connectivity index (χ3n) is 5.44. The summed E-state index contributed by atoms with van der Waals surface area (Å²) in [5.74, 6) is -2.81. The molecule has 2 aromatic rings. The van der Waals surface area contributed by atoms with Crippen LogP contribution in [0.3, 0.4) is 0 Å². The SMILES string of the molecule is C=CCO[C@H](C(=O)OC(C)(C)C)[C@@H](Cc1ccc2ccccc2c1)C(=O)N[C@H](C(N)=O)C(C)(C)C. The molecule has 0 saturated carbocycles. The smallest absolute Gasteiger partial charge is 0.336 e. The van der Waals surface area contributed by atoms with Gasteiger partial charge in [-0.15, -0.1) is 6.58 Å². The van der Waals surface area contributed by atoms with Crippen molar-refractivity contribution in [2.24, 2.45) is 17.1 Å². The fourth-order valence-electron chi connectivity index (χ4n) is 3.80. The molecule has 7 nitrogen and oxygen atoms in total. The van der Waals surface area contributed by atoms with E-state index < -0.39 is 46.9 Å². The van der Waals surface area contributed by atoms with Crippen LogP contribution in [0.1, 0.15) is 47.1 Å². The van der Waals surface area contributed by atoms with Crippen molar-refractivity contribution in [1.29, 1.82) is 0 Å². The van der Waals surface area contributed by atoms with Crippen LogP contribution >= 0.6 is 0 Å². The quantitative estimate of drug-likeness (QED) is 0.394. The van der Waals surface area contributed by atoms with E-state index in [1.54, 1.807) is 41.5 Å². The van der Waals surface area contributed by atoms with Gasteiger partial charge >= 0.3 is 5.97 Å². The van der Waals surface area contributed by atoms with Crippen LogP contribution in [0, 0.1) is 11.3 Å². The Morgan fingerprint density at radius 3 is 2.20 bits per heavy atom. The Morgan fingerprint density at radius 1 is 1.03 bits per heavy atom. The number of hydrogen-bond donors (Lipinski definition) is 2. The Morgan fingerprint density at radius 2 is 1.66 bits per heavy atom. The Kier molecular flexibility index (Phi) is 9.21. The molecule has 3 N–H and O–H groups in total. The summed E-state index contributed by atoms with van der Waals surface area (Å²) in [6.07, 6.45) is 0.476. The van der Waals surface area contributed by atoms with Gasteiger partial charge in [-0.25, -0.2) is 4.79 Å². The zero-order valence-corrected chi connectivity index (χ0v) is 21.6. The lowest BCUT2D eigenvalue weighted by atomic mass is 9.85. The second-order valence-corrected chi connectivity index (χ2v) is 10.8. The summed E-state index contributed by atoms with van der Waals surface area (Å²) in [4.78, 5) is 38.9. The van der Waals surface area contributed by atoms with Crippen molar-refractivity contribution in [2.75, 3.05) is 6.61 Å². The summed E-state index contributed by atoms with van der Waals surface area (Å²) in [6.45, 7) is 14.4. The van der Waals surface area contributed by atoms with E-state index in [0.29, 0.717) is 0 Å². The summed E-state index contributed by atoms with van der Waals surface area (Å²) in [5, 5.41) is 4.83. The maximum absolute atomic E-state index is 13.6. The first-order chi connectivity index (χ1) is 16.2. The van der Waals surface area contributed by atoms with E-state index >= 15 is 0 Å². The number of fused-ring (bicyclic) bond motifs is 1. The van der Waals surface area contributed by atoms with E-state index in [1.165, 1.54) is 6.08 Å². The average Bonchev–Trinajstić information content (AvgIpc) is 2.74. The van der Waals surface area contributed by atoms with Gasteiger partial charge in [0.1, 0.15) is 11.6 Å². The van der Waals surface area contributed by atoms with E-state index in [-0.39, 0.29) is 13.0 Å². The molecule has 0 aliphatic heterocycles. The minimum atomic E-state index is -1.22. The van der Waals surface area contributed by atoms with Crippen molar-refractivity contribution in [2.45, 2.75) is 65.7 Å². The third-order valence-corrected chi connectivity index (χ3v) is 5.44. The zero-order chi connectivity index (χ0) is 26.4. The molecule has 0 aromatic heterocycles. The molecule has 0 saturated heterocycles. The van der Waals surface area contributed by atoms with E-state index in [1.807, 2.05) is 42.5 Å². The standard InChI is InChI=1S/C28H38N2O5/c1-8-15-34-22(26(33)35-28(5,6)7)21(25(32)30-23(24(29)31)27(2,3)4)17-18-13-14-19-11-9-10-12-20(19)16-18/h8-14,16,21-23H,1,15,17H2,2-7H3,(H2,29,31)(H,30,32)/t21-,22+,23-/m1/s1. The number of carbonyl (C=O) groups excluding carboxylic acids is 3. The number of esters is 1. The van der Waals surface area contributed by atoms with E-state index in [9.17, 15) is 14.4 Å². The average molecular weight is 483 g/mol.